The predicted molar refractivity (Wildman–Crippen MR) is 133 cm³/mol. The summed E-state index contributed by atoms with van der Waals surface area (Å²) in [5.41, 5.74) is 0.750. The Labute approximate surface area is 205 Å². The summed E-state index contributed by atoms with van der Waals surface area (Å²) in [6, 6.07) is 19.6. The highest BCUT2D eigenvalue weighted by Gasteiger charge is 2.12. The van der Waals surface area contributed by atoms with Crippen molar-refractivity contribution in [2.75, 3.05) is 6.61 Å². The van der Waals surface area contributed by atoms with Gasteiger partial charge in [0.1, 0.15) is 17.2 Å². The quantitative estimate of drug-likeness (QED) is 0.152. The second-order valence-corrected chi connectivity index (χ2v) is 8.33. The maximum absolute atomic E-state index is 12.4. The van der Waals surface area contributed by atoms with Gasteiger partial charge in [-0.15, -0.1) is 0 Å². The molecule has 0 N–H and O–H groups in total. The van der Waals surface area contributed by atoms with Crippen LogP contribution in [0.2, 0.25) is 5.02 Å². The van der Waals surface area contributed by atoms with Gasteiger partial charge in [-0.1, -0.05) is 50.6 Å². The number of carbonyl (C=O) groups excluding carboxylic acids is 2. The van der Waals surface area contributed by atoms with E-state index in [9.17, 15) is 9.59 Å². The summed E-state index contributed by atoms with van der Waals surface area (Å²) < 4.78 is 16.4. The van der Waals surface area contributed by atoms with E-state index in [-0.39, 0.29) is 0 Å². The molecule has 3 aromatic rings. The number of rotatable bonds is 12. The number of hydrogen-bond acceptors (Lipinski definition) is 5. The van der Waals surface area contributed by atoms with Crippen LogP contribution in [-0.4, -0.2) is 18.5 Å². The fourth-order valence-electron chi connectivity index (χ4n) is 3.25. The molecule has 0 radical (unpaired) electrons. The number of unbranched alkanes of at least 4 members (excludes halogenated alkanes) is 5. The molecule has 6 heteroatoms. The highest BCUT2D eigenvalue weighted by atomic mass is 35.5. The third-order valence-corrected chi connectivity index (χ3v) is 5.43. The van der Waals surface area contributed by atoms with E-state index in [1.807, 2.05) is 0 Å². The molecule has 3 aromatic carbocycles. The van der Waals surface area contributed by atoms with Gasteiger partial charge in [0.05, 0.1) is 17.7 Å². The summed E-state index contributed by atoms with van der Waals surface area (Å²) in [4.78, 5) is 24.7. The average Bonchev–Trinajstić information content (AvgIpc) is 2.85. The second-order valence-electron chi connectivity index (χ2n) is 7.90. The molecule has 0 fully saturated rings. The normalized spacial score (nSPS) is 10.5. The zero-order valence-corrected chi connectivity index (χ0v) is 20.1. The first kappa shape index (κ1) is 25.3. The SMILES string of the molecule is CCCCCCCCOc1ccc(C(=O)Oc2ccc(C(=O)Oc3ccc(Cl)cc3)cc2)cc1. The Morgan fingerprint density at radius 2 is 1.06 bits per heavy atom. The average molecular weight is 481 g/mol. The minimum Gasteiger partial charge on any atom is -0.494 e. The van der Waals surface area contributed by atoms with Crippen LogP contribution in [0, 0.1) is 0 Å². The molecule has 3 rings (SSSR count). The van der Waals surface area contributed by atoms with Crippen molar-refractivity contribution < 1.29 is 23.8 Å². The molecule has 0 aromatic heterocycles. The minimum atomic E-state index is -0.517. The highest BCUT2D eigenvalue weighted by Crippen LogP contribution is 2.20. The first-order valence-corrected chi connectivity index (χ1v) is 12.0. The number of ether oxygens (including phenoxy) is 3. The molecule has 0 aliphatic heterocycles. The fourth-order valence-corrected chi connectivity index (χ4v) is 3.38. The van der Waals surface area contributed by atoms with Crippen molar-refractivity contribution in [2.24, 2.45) is 0 Å². The Morgan fingerprint density at radius 1 is 0.618 bits per heavy atom. The zero-order chi connectivity index (χ0) is 24.2. The molecule has 0 bridgehead atoms. The van der Waals surface area contributed by atoms with Crippen LogP contribution in [-0.2, 0) is 0 Å². The van der Waals surface area contributed by atoms with Gasteiger partial charge in [-0.3, -0.25) is 0 Å². The maximum Gasteiger partial charge on any atom is 0.343 e. The monoisotopic (exact) mass is 480 g/mol. The van der Waals surface area contributed by atoms with Crippen LogP contribution in [0.1, 0.15) is 66.2 Å². The summed E-state index contributed by atoms with van der Waals surface area (Å²) in [7, 11) is 0. The molecular formula is C28H29ClO5. The molecule has 0 amide bonds. The lowest BCUT2D eigenvalue weighted by Gasteiger charge is -2.08. The maximum atomic E-state index is 12.4. The topological polar surface area (TPSA) is 61.8 Å². The molecule has 178 valence electrons. The molecule has 0 spiro atoms. The molecule has 0 atom stereocenters. The van der Waals surface area contributed by atoms with E-state index in [4.69, 9.17) is 25.8 Å². The van der Waals surface area contributed by atoms with E-state index >= 15 is 0 Å². The van der Waals surface area contributed by atoms with E-state index in [1.54, 1.807) is 72.8 Å². The first-order chi connectivity index (χ1) is 16.5. The predicted octanol–water partition coefficient (Wildman–Crippen LogP) is 7.52. The van der Waals surface area contributed by atoms with Gasteiger partial charge in [0, 0.05) is 5.02 Å². The van der Waals surface area contributed by atoms with Crippen molar-refractivity contribution in [3.8, 4) is 17.2 Å². The number of carbonyl (C=O) groups is 2. The van der Waals surface area contributed by atoms with Crippen molar-refractivity contribution in [1.29, 1.82) is 0 Å². The third kappa shape index (κ3) is 8.23. The highest BCUT2D eigenvalue weighted by molar-refractivity contribution is 6.30. The summed E-state index contributed by atoms with van der Waals surface area (Å²) in [6.45, 7) is 2.88. The molecule has 0 aliphatic rings. The van der Waals surface area contributed by atoms with Crippen molar-refractivity contribution in [2.45, 2.75) is 45.4 Å². The first-order valence-electron chi connectivity index (χ1n) is 11.6. The van der Waals surface area contributed by atoms with Crippen LogP contribution in [0.15, 0.2) is 72.8 Å². The molecule has 0 heterocycles. The van der Waals surface area contributed by atoms with Gasteiger partial charge >= 0.3 is 11.9 Å². The Hall–Kier alpha value is -3.31. The van der Waals surface area contributed by atoms with Gasteiger partial charge in [0.25, 0.3) is 0 Å². The van der Waals surface area contributed by atoms with Crippen molar-refractivity contribution in [3.05, 3.63) is 88.9 Å². The fraction of sp³-hybridized carbons (Fsp3) is 0.286. The number of halogens is 1. The lowest BCUT2D eigenvalue weighted by atomic mass is 10.1. The molecule has 0 unspecified atom stereocenters. The van der Waals surface area contributed by atoms with E-state index in [2.05, 4.69) is 6.92 Å². The van der Waals surface area contributed by atoms with Crippen molar-refractivity contribution >= 4 is 23.5 Å². The molecule has 0 saturated heterocycles. The van der Waals surface area contributed by atoms with Crippen LogP contribution < -0.4 is 14.2 Å². The summed E-state index contributed by atoms with van der Waals surface area (Å²) >= 11 is 5.83. The molecule has 0 saturated carbocycles. The molecule has 5 nitrogen and oxygen atoms in total. The van der Waals surface area contributed by atoms with E-state index in [0.717, 1.165) is 12.2 Å². The number of benzene rings is 3. The Morgan fingerprint density at radius 3 is 1.59 bits per heavy atom. The summed E-state index contributed by atoms with van der Waals surface area (Å²) in [5.74, 6) is 0.449. The van der Waals surface area contributed by atoms with Crippen LogP contribution in [0.4, 0.5) is 0 Å². The molecule has 34 heavy (non-hydrogen) atoms. The smallest absolute Gasteiger partial charge is 0.343 e. The summed E-state index contributed by atoms with van der Waals surface area (Å²) in [6.07, 6.45) is 7.25. The zero-order valence-electron chi connectivity index (χ0n) is 19.3. The molecular weight excluding hydrogens is 452 g/mol. The van der Waals surface area contributed by atoms with Crippen molar-refractivity contribution in [1.82, 2.24) is 0 Å². The molecule has 0 aliphatic carbocycles. The van der Waals surface area contributed by atoms with Crippen LogP contribution in [0.3, 0.4) is 0 Å². The Bertz CT molecular complexity index is 1040. The second kappa shape index (κ2) is 13.4. The van der Waals surface area contributed by atoms with E-state index in [0.29, 0.717) is 34.3 Å². The van der Waals surface area contributed by atoms with Gasteiger partial charge in [-0.2, -0.15) is 0 Å². The summed E-state index contributed by atoms with van der Waals surface area (Å²) in [5, 5.41) is 0.557. The standard InChI is InChI=1S/C28H29ClO5/c1-2-3-4-5-6-7-20-32-24-14-8-21(9-15-24)27(30)33-25-16-10-22(11-17-25)28(31)34-26-18-12-23(29)13-19-26/h8-19H,2-7,20H2,1H3. The van der Waals surface area contributed by atoms with Crippen LogP contribution in [0.5, 0.6) is 17.2 Å². The van der Waals surface area contributed by atoms with Crippen molar-refractivity contribution in [3.63, 3.8) is 0 Å². The minimum absolute atomic E-state index is 0.330. The number of esters is 2. The van der Waals surface area contributed by atoms with Crippen LogP contribution >= 0.6 is 11.6 Å². The Balaban J connectivity index is 1.44. The van der Waals surface area contributed by atoms with Gasteiger partial charge in [-0.25, -0.2) is 9.59 Å². The third-order valence-electron chi connectivity index (χ3n) is 5.18. The van der Waals surface area contributed by atoms with Crippen LogP contribution in [0.25, 0.3) is 0 Å². The van der Waals surface area contributed by atoms with E-state index < -0.39 is 11.9 Å². The van der Waals surface area contributed by atoms with E-state index in [1.165, 1.54) is 32.1 Å². The largest absolute Gasteiger partial charge is 0.494 e. The van der Waals surface area contributed by atoms with Gasteiger partial charge in [0.15, 0.2) is 0 Å². The lowest BCUT2D eigenvalue weighted by molar-refractivity contribution is 0.0730. The Kier molecular flexibility index (Phi) is 9.98. The van der Waals surface area contributed by atoms with Gasteiger partial charge in [-0.05, 0) is 79.2 Å². The van der Waals surface area contributed by atoms with Gasteiger partial charge in [0.2, 0.25) is 0 Å². The van der Waals surface area contributed by atoms with Gasteiger partial charge < -0.3 is 14.2 Å². The number of hydrogen-bond donors (Lipinski definition) is 0. The lowest BCUT2D eigenvalue weighted by Crippen LogP contribution is -2.10.